The molecular weight excluding hydrogens is 316 g/mol. The average molecular weight is 351 g/mol. The Morgan fingerprint density at radius 1 is 1.16 bits per heavy atom. The van der Waals surface area contributed by atoms with Crippen LogP contribution in [0.4, 0.5) is 0 Å². The molecule has 6 heteroatoms. The lowest BCUT2D eigenvalue weighted by Gasteiger charge is -2.34. The standard InChI is InChI=1S/C19H34N4O2/c1-2-20-18(21-14-19(25)10-4-3-5-11-19)22-16-8-12-23(13-9-16)17(24)15-6-7-15/h15-16,25H,2-14H2,1H3,(H2,20,21,22). The molecule has 0 spiro atoms. The van der Waals surface area contributed by atoms with Gasteiger partial charge in [-0.1, -0.05) is 19.3 Å². The van der Waals surface area contributed by atoms with Crippen LogP contribution < -0.4 is 10.6 Å². The lowest BCUT2D eigenvalue weighted by molar-refractivity contribution is -0.133. The maximum absolute atomic E-state index is 12.1. The first-order valence-corrected chi connectivity index (χ1v) is 10.2. The second-order valence-electron chi connectivity index (χ2n) is 8.00. The number of carbonyl (C=O) groups excluding carboxylic acids is 1. The molecule has 0 unspecified atom stereocenters. The van der Waals surface area contributed by atoms with Crippen molar-refractivity contribution in [2.75, 3.05) is 26.2 Å². The van der Waals surface area contributed by atoms with Crippen LogP contribution in [-0.4, -0.2) is 59.7 Å². The molecule has 1 heterocycles. The van der Waals surface area contributed by atoms with Gasteiger partial charge in [-0.3, -0.25) is 9.79 Å². The Hall–Kier alpha value is -1.30. The number of aliphatic hydroxyl groups is 1. The zero-order valence-electron chi connectivity index (χ0n) is 15.6. The summed E-state index contributed by atoms with van der Waals surface area (Å²) in [4.78, 5) is 18.8. The summed E-state index contributed by atoms with van der Waals surface area (Å²) in [5, 5.41) is 17.4. The summed E-state index contributed by atoms with van der Waals surface area (Å²) in [7, 11) is 0. The molecule has 3 N–H and O–H groups in total. The van der Waals surface area contributed by atoms with Crippen molar-refractivity contribution in [2.45, 2.75) is 76.4 Å². The van der Waals surface area contributed by atoms with Gasteiger partial charge in [0.2, 0.25) is 5.91 Å². The van der Waals surface area contributed by atoms with Crippen molar-refractivity contribution in [1.29, 1.82) is 0 Å². The van der Waals surface area contributed by atoms with Crippen molar-refractivity contribution in [3.8, 4) is 0 Å². The molecule has 142 valence electrons. The summed E-state index contributed by atoms with van der Waals surface area (Å²) in [6.07, 6.45) is 9.24. The summed E-state index contributed by atoms with van der Waals surface area (Å²) in [6.45, 7) is 5.03. The smallest absolute Gasteiger partial charge is 0.225 e. The Bertz CT molecular complexity index is 476. The molecule has 0 atom stereocenters. The number of rotatable bonds is 5. The Morgan fingerprint density at radius 3 is 2.44 bits per heavy atom. The number of hydrogen-bond acceptors (Lipinski definition) is 3. The first-order chi connectivity index (χ1) is 12.1. The van der Waals surface area contributed by atoms with Crippen molar-refractivity contribution in [3.63, 3.8) is 0 Å². The number of amides is 1. The Kier molecular flexibility index (Phi) is 6.20. The topological polar surface area (TPSA) is 77.0 Å². The summed E-state index contributed by atoms with van der Waals surface area (Å²) < 4.78 is 0. The number of piperidine rings is 1. The number of carbonyl (C=O) groups is 1. The van der Waals surface area contributed by atoms with E-state index in [-0.39, 0.29) is 0 Å². The van der Waals surface area contributed by atoms with Crippen LogP contribution in [-0.2, 0) is 4.79 Å². The summed E-state index contributed by atoms with van der Waals surface area (Å²) >= 11 is 0. The molecule has 0 aromatic carbocycles. The molecule has 25 heavy (non-hydrogen) atoms. The first kappa shape index (κ1) is 18.5. The summed E-state index contributed by atoms with van der Waals surface area (Å²) in [5.74, 6) is 1.48. The molecule has 3 aliphatic rings. The Labute approximate surface area is 151 Å². The second kappa shape index (κ2) is 8.39. The van der Waals surface area contributed by atoms with Crippen molar-refractivity contribution in [3.05, 3.63) is 0 Å². The van der Waals surface area contributed by atoms with Crippen molar-refractivity contribution in [1.82, 2.24) is 15.5 Å². The first-order valence-electron chi connectivity index (χ1n) is 10.2. The van der Waals surface area contributed by atoms with E-state index in [4.69, 9.17) is 0 Å². The highest BCUT2D eigenvalue weighted by Gasteiger charge is 2.35. The molecule has 1 aliphatic heterocycles. The van der Waals surface area contributed by atoms with Gasteiger partial charge in [-0.05, 0) is 45.4 Å². The molecular formula is C19H34N4O2. The van der Waals surface area contributed by atoms with Gasteiger partial charge in [0.05, 0.1) is 12.1 Å². The number of nitrogens with one attached hydrogen (secondary N) is 2. The largest absolute Gasteiger partial charge is 0.388 e. The number of nitrogens with zero attached hydrogens (tertiary/aromatic N) is 2. The van der Waals surface area contributed by atoms with Crippen LogP contribution in [0.2, 0.25) is 0 Å². The molecule has 0 radical (unpaired) electrons. The lowest BCUT2D eigenvalue weighted by Crippen LogP contribution is -2.50. The maximum Gasteiger partial charge on any atom is 0.225 e. The lowest BCUT2D eigenvalue weighted by atomic mass is 9.85. The van der Waals surface area contributed by atoms with E-state index in [1.165, 1.54) is 6.42 Å². The van der Waals surface area contributed by atoms with Gasteiger partial charge in [0.1, 0.15) is 0 Å². The highest BCUT2D eigenvalue weighted by molar-refractivity contribution is 5.81. The highest BCUT2D eigenvalue weighted by atomic mass is 16.3. The zero-order valence-corrected chi connectivity index (χ0v) is 15.6. The molecule has 3 rings (SSSR count). The Morgan fingerprint density at radius 2 is 1.84 bits per heavy atom. The molecule has 2 aliphatic carbocycles. The number of hydrogen-bond donors (Lipinski definition) is 3. The van der Waals surface area contributed by atoms with E-state index in [0.717, 1.165) is 77.0 Å². The third-order valence-electron chi connectivity index (χ3n) is 5.73. The fourth-order valence-corrected chi connectivity index (χ4v) is 3.94. The normalized spacial score (nSPS) is 24.9. The van der Waals surface area contributed by atoms with Crippen LogP contribution in [0.25, 0.3) is 0 Å². The van der Waals surface area contributed by atoms with Crippen LogP contribution in [0.3, 0.4) is 0 Å². The molecule has 3 fully saturated rings. The SMILES string of the molecule is CCNC(=NCC1(O)CCCCC1)NC1CCN(C(=O)C2CC2)CC1. The van der Waals surface area contributed by atoms with E-state index in [9.17, 15) is 9.90 Å². The molecule has 0 aromatic heterocycles. The fraction of sp³-hybridized carbons (Fsp3) is 0.895. The van der Waals surface area contributed by atoms with Gasteiger partial charge in [-0.25, -0.2) is 0 Å². The monoisotopic (exact) mass is 350 g/mol. The summed E-state index contributed by atoms with van der Waals surface area (Å²) in [5.41, 5.74) is -0.624. The number of aliphatic imine (C=N–C) groups is 1. The van der Waals surface area contributed by atoms with Crippen LogP contribution in [0.15, 0.2) is 4.99 Å². The minimum Gasteiger partial charge on any atom is -0.388 e. The highest BCUT2D eigenvalue weighted by Crippen LogP contribution is 2.32. The minimum atomic E-state index is -0.624. The van der Waals surface area contributed by atoms with E-state index in [1.54, 1.807) is 0 Å². The zero-order chi connectivity index (χ0) is 17.7. The van der Waals surface area contributed by atoms with Gasteiger partial charge in [0, 0.05) is 31.6 Å². The fourth-order valence-electron chi connectivity index (χ4n) is 3.94. The minimum absolute atomic E-state index is 0.319. The molecule has 0 aromatic rings. The average Bonchev–Trinajstić information content (AvgIpc) is 3.46. The third-order valence-corrected chi connectivity index (χ3v) is 5.73. The van der Waals surface area contributed by atoms with Gasteiger partial charge < -0.3 is 20.6 Å². The van der Waals surface area contributed by atoms with Crippen molar-refractivity contribution >= 4 is 11.9 Å². The quantitative estimate of drug-likeness (QED) is 0.520. The van der Waals surface area contributed by atoms with Gasteiger partial charge in [0.25, 0.3) is 0 Å². The van der Waals surface area contributed by atoms with E-state index >= 15 is 0 Å². The van der Waals surface area contributed by atoms with Gasteiger partial charge >= 0.3 is 0 Å². The summed E-state index contributed by atoms with van der Waals surface area (Å²) in [6, 6.07) is 0.349. The van der Waals surface area contributed by atoms with Gasteiger partial charge in [0.15, 0.2) is 5.96 Å². The van der Waals surface area contributed by atoms with E-state index < -0.39 is 5.60 Å². The molecule has 2 saturated carbocycles. The van der Waals surface area contributed by atoms with Gasteiger partial charge in [-0.15, -0.1) is 0 Å². The van der Waals surface area contributed by atoms with E-state index in [0.29, 0.717) is 24.4 Å². The van der Waals surface area contributed by atoms with Crippen LogP contribution in [0.1, 0.15) is 64.7 Å². The predicted octanol–water partition coefficient (Wildman–Crippen LogP) is 1.64. The number of guanidine groups is 1. The second-order valence-corrected chi connectivity index (χ2v) is 8.00. The third kappa shape index (κ3) is 5.33. The van der Waals surface area contributed by atoms with Crippen molar-refractivity contribution in [2.24, 2.45) is 10.9 Å². The van der Waals surface area contributed by atoms with Crippen LogP contribution >= 0.6 is 0 Å². The maximum atomic E-state index is 12.1. The van der Waals surface area contributed by atoms with Crippen molar-refractivity contribution < 1.29 is 9.90 Å². The molecule has 0 bridgehead atoms. The molecule has 1 saturated heterocycles. The van der Waals surface area contributed by atoms with E-state index in [1.807, 2.05) is 4.90 Å². The van der Waals surface area contributed by atoms with Crippen LogP contribution in [0.5, 0.6) is 0 Å². The Balaban J connectivity index is 1.48. The van der Waals surface area contributed by atoms with E-state index in [2.05, 4.69) is 22.5 Å². The van der Waals surface area contributed by atoms with Crippen LogP contribution in [0, 0.1) is 5.92 Å². The predicted molar refractivity (Wildman–Crippen MR) is 99.5 cm³/mol. The number of likely N-dealkylation sites (tertiary alicyclic amines) is 1. The molecule has 1 amide bonds. The molecule has 6 nitrogen and oxygen atoms in total. The van der Waals surface area contributed by atoms with Gasteiger partial charge in [-0.2, -0.15) is 0 Å².